The van der Waals surface area contributed by atoms with Crippen LogP contribution < -0.4 is 51.4 Å². The van der Waals surface area contributed by atoms with Gasteiger partial charge in [-0.2, -0.15) is 0 Å². The van der Waals surface area contributed by atoms with Crippen molar-refractivity contribution < 1.29 is 68.5 Å². The van der Waals surface area contributed by atoms with Crippen LogP contribution in [0.4, 0.5) is 0 Å². The van der Waals surface area contributed by atoms with Crippen molar-refractivity contribution in [2.24, 2.45) is 5.92 Å². The van der Waals surface area contributed by atoms with E-state index in [9.17, 15) is 13.0 Å². The van der Waals surface area contributed by atoms with Crippen LogP contribution in [0, 0.1) is 5.92 Å². The van der Waals surface area contributed by atoms with Crippen LogP contribution in [0.5, 0.6) is 0 Å². The Morgan fingerprint density at radius 3 is 1.58 bits per heavy atom. The first-order valence-corrected chi connectivity index (χ1v) is 14.1. The van der Waals surface area contributed by atoms with Gasteiger partial charge in [0.05, 0.1) is 6.61 Å². The molecular formula is C25H49KO4S. The summed E-state index contributed by atoms with van der Waals surface area (Å²) in [6.45, 7) is 4.42. The topological polar surface area (TPSA) is 66.4 Å². The first-order valence-electron chi connectivity index (χ1n) is 12.8. The van der Waals surface area contributed by atoms with Crippen LogP contribution in [-0.2, 0) is 14.6 Å². The monoisotopic (exact) mass is 484 g/mol. The van der Waals surface area contributed by atoms with Gasteiger partial charge in [0, 0.05) is 5.92 Å². The Morgan fingerprint density at radius 2 is 1.13 bits per heavy atom. The quantitative estimate of drug-likeness (QED) is 0.0666. The summed E-state index contributed by atoms with van der Waals surface area (Å²) in [4.78, 5) is 0. The van der Waals surface area contributed by atoms with Crippen LogP contribution in [0.1, 0.15) is 136 Å². The molecule has 0 spiro atoms. The van der Waals surface area contributed by atoms with Crippen molar-refractivity contribution >= 4 is 10.4 Å². The average molecular weight is 485 g/mol. The Labute approximate surface area is 237 Å². The minimum atomic E-state index is -4.60. The van der Waals surface area contributed by atoms with Gasteiger partial charge in [0.25, 0.3) is 0 Å². The zero-order valence-corrected chi connectivity index (χ0v) is 24.9. The van der Waals surface area contributed by atoms with Gasteiger partial charge in [0.1, 0.15) is 0 Å². The largest absolute Gasteiger partial charge is 1.00 e. The maximum atomic E-state index is 10.8. The molecule has 180 valence electrons. The minimum Gasteiger partial charge on any atom is -0.726 e. The summed E-state index contributed by atoms with van der Waals surface area (Å²) in [5.41, 5.74) is 0. The predicted octanol–water partition coefficient (Wildman–Crippen LogP) is 5.09. The standard InChI is InChI=1S/C25H50O4S.K/c1-3-5-7-9-10-11-12-13-14-15-16-17-19-21-23-25(24-29-30(26,27)28)22-20-18-8-6-4-2;/h20,22,25H,3-19,21,23-24H2,1-2H3,(H,26,27,28);/q;+1/p-1/b22-20+;. The van der Waals surface area contributed by atoms with E-state index in [1.54, 1.807) is 0 Å². The average Bonchev–Trinajstić information content (AvgIpc) is 2.70. The first kappa shape index (κ1) is 34.4. The van der Waals surface area contributed by atoms with Crippen LogP contribution in [0.2, 0.25) is 0 Å². The van der Waals surface area contributed by atoms with Crippen LogP contribution in [0.15, 0.2) is 12.2 Å². The number of rotatable bonds is 23. The molecule has 0 heterocycles. The molecule has 0 aliphatic heterocycles. The Bertz CT molecular complexity index is 480. The smallest absolute Gasteiger partial charge is 0.726 e. The van der Waals surface area contributed by atoms with Crippen LogP contribution in [0.25, 0.3) is 0 Å². The second-order valence-electron chi connectivity index (χ2n) is 8.76. The SMILES string of the molecule is CCCCC/C=C/C(CCCCCCCCCCCCCCCC)COS(=O)(=O)[O-].[K+]. The molecular weight excluding hydrogens is 435 g/mol. The summed E-state index contributed by atoms with van der Waals surface area (Å²) in [5, 5.41) is 0. The first-order chi connectivity index (χ1) is 14.5. The van der Waals surface area contributed by atoms with E-state index in [-0.39, 0.29) is 63.9 Å². The van der Waals surface area contributed by atoms with Gasteiger partial charge in [0.15, 0.2) is 0 Å². The molecule has 0 saturated carbocycles. The molecule has 0 radical (unpaired) electrons. The van der Waals surface area contributed by atoms with Crippen LogP contribution >= 0.6 is 0 Å². The van der Waals surface area contributed by atoms with Crippen molar-refractivity contribution in [3.63, 3.8) is 0 Å². The maximum Gasteiger partial charge on any atom is 1.00 e. The van der Waals surface area contributed by atoms with E-state index in [4.69, 9.17) is 0 Å². The fourth-order valence-electron chi connectivity index (χ4n) is 3.81. The van der Waals surface area contributed by atoms with E-state index in [0.29, 0.717) is 0 Å². The molecule has 0 fully saturated rings. The summed E-state index contributed by atoms with van der Waals surface area (Å²) >= 11 is 0. The third-order valence-electron chi connectivity index (χ3n) is 5.74. The summed E-state index contributed by atoms with van der Waals surface area (Å²) in [5.74, 6) is 0.0210. The third kappa shape index (κ3) is 29.2. The van der Waals surface area contributed by atoms with Crippen molar-refractivity contribution in [3.8, 4) is 0 Å². The second kappa shape index (κ2) is 25.9. The molecule has 1 unspecified atom stereocenters. The molecule has 0 bridgehead atoms. The molecule has 6 heteroatoms. The van der Waals surface area contributed by atoms with Crippen molar-refractivity contribution in [1.29, 1.82) is 0 Å². The summed E-state index contributed by atoms with van der Waals surface area (Å²) in [7, 11) is -4.60. The molecule has 0 aromatic rings. The van der Waals surface area contributed by atoms with Crippen molar-refractivity contribution in [2.75, 3.05) is 6.61 Å². The summed E-state index contributed by atoms with van der Waals surface area (Å²) < 4.78 is 36.8. The van der Waals surface area contributed by atoms with E-state index in [1.165, 1.54) is 96.3 Å². The zero-order chi connectivity index (χ0) is 22.3. The second-order valence-corrected chi connectivity index (χ2v) is 9.81. The number of hydrogen-bond donors (Lipinski definition) is 0. The molecule has 0 amide bonds. The molecule has 0 N–H and O–H groups in total. The predicted molar refractivity (Wildman–Crippen MR) is 127 cm³/mol. The minimum absolute atomic E-state index is 0. The molecule has 0 rings (SSSR count). The van der Waals surface area contributed by atoms with Crippen molar-refractivity contribution in [3.05, 3.63) is 12.2 Å². The fourth-order valence-corrected chi connectivity index (χ4v) is 4.15. The van der Waals surface area contributed by atoms with E-state index in [1.807, 2.05) is 6.08 Å². The van der Waals surface area contributed by atoms with Gasteiger partial charge in [0.2, 0.25) is 10.4 Å². The van der Waals surface area contributed by atoms with Gasteiger partial charge in [-0.25, -0.2) is 8.42 Å². The Morgan fingerprint density at radius 1 is 0.710 bits per heavy atom. The molecule has 31 heavy (non-hydrogen) atoms. The van der Waals surface area contributed by atoms with E-state index >= 15 is 0 Å². The van der Waals surface area contributed by atoms with Crippen LogP contribution in [0.3, 0.4) is 0 Å². The van der Waals surface area contributed by atoms with Crippen molar-refractivity contribution in [2.45, 2.75) is 136 Å². The van der Waals surface area contributed by atoms with Gasteiger partial charge in [-0.1, -0.05) is 129 Å². The number of unbranched alkanes of at least 4 members (excludes halogenated alkanes) is 16. The van der Waals surface area contributed by atoms with Gasteiger partial charge >= 0.3 is 51.4 Å². The van der Waals surface area contributed by atoms with E-state index in [0.717, 1.165) is 25.7 Å². The Kier molecular flexibility index (Phi) is 28.7. The molecule has 0 aliphatic rings. The molecule has 1 atom stereocenters. The Balaban J connectivity index is 0. The van der Waals surface area contributed by atoms with Gasteiger partial charge in [-0.3, -0.25) is 4.18 Å². The van der Waals surface area contributed by atoms with E-state index in [2.05, 4.69) is 24.1 Å². The molecule has 0 aromatic carbocycles. The van der Waals surface area contributed by atoms with Gasteiger partial charge in [-0.15, -0.1) is 0 Å². The van der Waals surface area contributed by atoms with Gasteiger partial charge < -0.3 is 4.55 Å². The van der Waals surface area contributed by atoms with E-state index < -0.39 is 10.4 Å². The molecule has 0 aliphatic carbocycles. The van der Waals surface area contributed by atoms with Crippen molar-refractivity contribution in [1.82, 2.24) is 0 Å². The van der Waals surface area contributed by atoms with Crippen LogP contribution in [-0.4, -0.2) is 19.6 Å². The fraction of sp³-hybridized carbons (Fsp3) is 0.920. The summed E-state index contributed by atoms with van der Waals surface area (Å²) in [6.07, 6.45) is 28.2. The molecule has 0 saturated heterocycles. The molecule has 4 nitrogen and oxygen atoms in total. The third-order valence-corrected chi connectivity index (χ3v) is 6.16. The Hall–Kier alpha value is 1.25. The maximum absolute atomic E-state index is 10.8. The number of hydrogen-bond acceptors (Lipinski definition) is 4. The summed E-state index contributed by atoms with van der Waals surface area (Å²) in [6, 6.07) is 0. The molecule has 0 aromatic heterocycles. The normalized spacial score (nSPS) is 12.9. The van der Waals surface area contributed by atoms with Gasteiger partial charge in [-0.05, 0) is 19.3 Å². The zero-order valence-electron chi connectivity index (χ0n) is 20.9. The number of allylic oxidation sites excluding steroid dienone is 1.